The lowest BCUT2D eigenvalue weighted by Crippen LogP contribution is -2.27. The maximum atomic E-state index is 11.4. The molecule has 5 nitrogen and oxygen atoms in total. The SMILES string of the molecule is CCC(O)CCNC(=O)c1cc(N)c[nH]1. The minimum absolute atomic E-state index is 0.199. The second-order valence-corrected chi connectivity index (χ2v) is 3.45. The van der Waals surface area contributed by atoms with E-state index in [0.29, 0.717) is 30.8 Å². The van der Waals surface area contributed by atoms with Gasteiger partial charge in [-0.25, -0.2) is 0 Å². The van der Waals surface area contributed by atoms with Crippen molar-refractivity contribution in [3.63, 3.8) is 0 Å². The Hall–Kier alpha value is -1.49. The summed E-state index contributed by atoms with van der Waals surface area (Å²) in [5.74, 6) is -0.199. The number of hydrogen-bond donors (Lipinski definition) is 4. The van der Waals surface area contributed by atoms with Crippen molar-refractivity contribution in [1.82, 2.24) is 10.3 Å². The topological polar surface area (TPSA) is 91.1 Å². The first-order valence-electron chi connectivity index (χ1n) is 5.03. The molecule has 5 heteroatoms. The molecule has 0 aliphatic rings. The smallest absolute Gasteiger partial charge is 0.267 e. The van der Waals surface area contributed by atoms with Crippen LogP contribution in [0.4, 0.5) is 5.69 Å². The first-order chi connectivity index (χ1) is 7.13. The van der Waals surface area contributed by atoms with E-state index in [1.165, 1.54) is 0 Å². The fourth-order valence-electron chi connectivity index (χ4n) is 1.19. The third-order valence-electron chi connectivity index (χ3n) is 2.18. The third-order valence-corrected chi connectivity index (χ3v) is 2.18. The van der Waals surface area contributed by atoms with E-state index in [0.717, 1.165) is 0 Å². The number of amides is 1. The number of carbonyl (C=O) groups is 1. The molecule has 0 radical (unpaired) electrons. The predicted octanol–water partition coefficient (Wildman–Crippen LogP) is 0.488. The zero-order valence-corrected chi connectivity index (χ0v) is 8.79. The van der Waals surface area contributed by atoms with Gasteiger partial charge in [-0.05, 0) is 18.9 Å². The molecule has 1 unspecified atom stereocenters. The molecule has 84 valence electrons. The summed E-state index contributed by atoms with van der Waals surface area (Å²) in [5.41, 5.74) is 6.44. The Morgan fingerprint density at radius 2 is 2.47 bits per heavy atom. The monoisotopic (exact) mass is 211 g/mol. The Balaban J connectivity index is 2.31. The molecule has 0 fully saturated rings. The molecule has 5 N–H and O–H groups in total. The van der Waals surface area contributed by atoms with E-state index < -0.39 is 0 Å². The summed E-state index contributed by atoms with van der Waals surface area (Å²) in [6.07, 6.45) is 2.48. The number of nitrogens with one attached hydrogen (secondary N) is 2. The molecule has 1 heterocycles. The summed E-state index contributed by atoms with van der Waals surface area (Å²) >= 11 is 0. The number of nitrogens with two attached hydrogens (primary N) is 1. The van der Waals surface area contributed by atoms with Gasteiger partial charge < -0.3 is 21.1 Å². The molecule has 0 bridgehead atoms. The van der Waals surface area contributed by atoms with Gasteiger partial charge in [0.15, 0.2) is 0 Å². The van der Waals surface area contributed by atoms with Crippen LogP contribution >= 0.6 is 0 Å². The van der Waals surface area contributed by atoms with Crippen molar-refractivity contribution in [3.05, 3.63) is 18.0 Å². The molecule has 0 aromatic carbocycles. The minimum atomic E-state index is -0.348. The Morgan fingerprint density at radius 3 is 3.00 bits per heavy atom. The first kappa shape index (κ1) is 11.6. The average Bonchev–Trinajstić information content (AvgIpc) is 2.64. The molecular formula is C10H17N3O2. The third kappa shape index (κ3) is 3.63. The summed E-state index contributed by atoms with van der Waals surface area (Å²) in [4.78, 5) is 14.2. The second kappa shape index (κ2) is 5.41. The van der Waals surface area contributed by atoms with Crippen molar-refractivity contribution in [3.8, 4) is 0 Å². The Labute approximate surface area is 88.7 Å². The van der Waals surface area contributed by atoms with Crippen molar-refractivity contribution in [1.29, 1.82) is 0 Å². The summed E-state index contributed by atoms with van der Waals surface area (Å²) in [7, 11) is 0. The number of aromatic nitrogens is 1. The van der Waals surface area contributed by atoms with Crippen molar-refractivity contribution >= 4 is 11.6 Å². The Kier molecular flexibility index (Phi) is 4.17. The van der Waals surface area contributed by atoms with Crippen LogP contribution in [0.2, 0.25) is 0 Å². The molecule has 0 aliphatic heterocycles. The maximum Gasteiger partial charge on any atom is 0.267 e. The summed E-state index contributed by atoms with van der Waals surface area (Å²) < 4.78 is 0. The highest BCUT2D eigenvalue weighted by molar-refractivity contribution is 5.93. The summed E-state index contributed by atoms with van der Waals surface area (Å²) in [6, 6.07) is 1.57. The van der Waals surface area contributed by atoms with E-state index in [1.807, 2.05) is 6.92 Å². The van der Waals surface area contributed by atoms with E-state index in [1.54, 1.807) is 12.3 Å². The maximum absolute atomic E-state index is 11.4. The van der Waals surface area contributed by atoms with Crippen LogP contribution in [0.5, 0.6) is 0 Å². The van der Waals surface area contributed by atoms with Gasteiger partial charge in [0.25, 0.3) is 5.91 Å². The van der Waals surface area contributed by atoms with Crippen molar-refractivity contribution in [2.75, 3.05) is 12.3 Å². The Bertz CT molecular complexity index is 322. The van der Waals surface area contributed by atoms with E-state index in [2.05, 4.69) is 10.3 Å². The van der Waals surface area contributed by atoms with E-state index in [9.17, 15) is 9.90 Å². The number of rotatable bonds is 5. The predicted molar refractivity (Wildman–Crippen MR) is 58.5 cm³/mol. The Morgan fingerprint density at radius 1 is 1.73 bits per heavy atom. The fourth-order valence-corrected chi connectivity index (χ4v) is 1.19. The normalized spacial score (nSPS) is 12.4. The lowest BCUT2D eigenvalue weighted by molar-refractivity contribution is 0.0937. The van der Waals surface area contributed by atoms with Crippen LogP contribution in [-0.4, -0.2) is 28.6 Å². The van der Waals surface area contributed by atoms with Crippen molar-refractivity contribution < 1.29 is 9.90 Å². The molecule has 0 spiro atoms. The standard InChI is InChI=1S/C10H17N3O2/c1-2-8(14)3-4-12-10(15)9-5-7(11)6-13-9/h5-6,8,13-14H,2-4,11H2,1H3,(H,12,15). The van der Waals surface area contributed by atoms with Gasteiger partial charge in [-0.15, -0.1) is 0 Å². The molecule has 1 aromatic heterocycles. The van der Waals surface area contributed by atoms with Crippen LogP contribution in [-0.2, 0) is 0 Å². The van der Waals surface area contributed by atoms with Crippen LogP contribution in [0.25, 0.3) is 0 Å². The quantitative estimate of drug-likeness (QED) is 0.571. The van der Waals surface area contributed by atoms with Gasteiger partial charge >= 0.3 is 0 Å². The van der Waals surface area contributed by atoms with Crippen LogP contribution < -0.4 is 11.1 Å². The largest absolute Gasteiger partial charge is 0.397 e. The van der Waals surface area contributed by atoms with E-state index in [-0.39, 0.29) is 12.0 Å². The van der Waals surface area contributed by atoms with Crippen molar-refractivity contribution in [2.45, 2.75) is 25.9 Å². The van der Waals surface area contributed by atoms with Crippen LogP contribution in [0.1, 0.15) is 30.3 Å². The van der Waals surface area contributed by atoms with Gasteiger partial charge in [0.2, 0.25) is 0 Å². The van der Waals surface area contributed by atoms with Gasteiger partial charge in [0.05, 0.1) is 6.10 Å². The van der Waals surface area contributed by atoms with Crippen molar-refractivity contribution in [2.24, 2.45) is 0 Å². The van der Waals surface area contributed by atoms with Crippen LogP contribution in [0.15, 0.2) is 12.3 Å². The number of anilines is 1. The number of hydrogen-bond acceptors (Lipinski definition) is 3. The molecule has 1 amide bonds. The highest BCUT2D eigenvalue weighted by atomic mass is 16.3. The molecule has 15 heavy (non-hydrogen) atoms. The molecule has 0 saturated heterocycles. The molecule has 0 aliphatic carbocycles. The van der Waals surface area contributed by atoms with Gasteiger partial charge in [-0.1, -0.05) is 6.92 Å². The summed E-state index contributed by atoms with van der Waals surface area (Å²) in [5, 5.41) is 12.0. The second-order valence-electron chi connectivity index (χ2n) is 3.45. The fraction of sp³-hybridized carbons (Fsp3) is 0.500. The number of aliphatic hydroxyl groups excluding tert-OH is 1. The zero-order chi connectivity index (χ0) is 11.3. The molecule has 1 atom stereocenters. The van der Waals surface area contributed by atoms with E-state index in [4.69, 9.17) is 5.73 Å². The first-order valence-corrected chi connectivity index (χ1v) is 5.03. The van der Waals surface area contributed by atoms with Gasteiger partial charge in [-0.2, -0.15) is 0 Å². The lowest BCUT2D eigenvalue weighted by Gasteiger charge is -2.07. The molecular weight excluding hydrogens is 194 g/mol. The molecule has 1 rings (SSSR count). The number of nitrogen functional groups attached to an aromatic ring is 1. The molecule has 1 aromatic rings. The highest BCUT2D eigenvalue weighted by Crippen LogP contribution is 2.04. The van der Waals surface area contributed by atoms with Gasteiger partial charge in [0, 0.05) is 18.4 Å². The minimum Gasteiger partial charge on any atom is -0.397 e. The summed E-state index contributed by atoms with van der Waals surface area (Å²) in [6.45, 7) is 2.37. The average molecular weight is 211 g/mol. The molecule has 0 saturated carbocycles. The van der Waals surface area contributed by atoms with Crippen LogP contribution in [0.3, 0.4) is 0 Å². The number of aromatic amines is 1. The lowest BCUT2D eigenvalue weighted by atomic mass is 10.2. The van der Waals surface area contributed by atoms with Gasteiger partial charge in [0.1, 0.15) is 5.69 Å². The number of aliphatic hydroxyl groups is 1. The number of carbonyl (C=O) groups excluding carboxylic acids is 1. The van der Waals surface area contributed by atoms with Gasteiger partial charge in [-0.3, -0.25) is 4.79 Å². The highest BCUT2D eigenvalue weighted by Gasteiger charge is 2.07. The zero-order valence-electron chi connectivity index (χ0n) is 8.79. The van der Waals surface area contributed by atoms with E-state index >= 15 is 0 Å². The number of H-pyrrole nitrogens is 1. The van der Waals surface area contributed by atoms with Crippen LogP contribution in [0, 0.1) is 0 Å².